The fourth-order valence-corrected chi connectivity index (χ4v) is 4.62. The SMILES string of the molecule is Cc1ccc([C@H]2C[C@@H]3CC[C@]2(C)C3(C)C)c(O)c1. The van der Waals surface area contributed by atoms with E-state index in [4.69, 9.17) is 0 Å². The van der Waals surface area contributed by atoms with Crippen molar-refractivity contribution in [2.24, 2.45) is 16.7 Å². The zero-order chi connectivity index (χ0) is 13.1. The maximum atomic E-state index is 10.3. The molecule has 2 fully saturated rings. The highest BCUT2D eigenvalue weighted by atomic mass is 16.3. The van der Waals surface area contributed by atoms with Gasteiger partial charge in [0.15, 0.2) is 0 Å². The van der Waals surface area contributed by atoms with Crippen LogP contribution in [0.4, 0.5) is 0 Å². The molecule has 3 rings (SSSR count). The predicted molar refractivity (Wildman–Crippen MR) is 74.8 cm³/mol. The van der Waals surface area contributed by atoms with E-state index in [0.29, 0.717) is 22.5 Å². The molecule has 1 aromatic rings. The van der Waals surface area contributed by atoms with Gasteiger partial charge in [0.25, 0.3) is 0 Å². The van der Waals surface area contributed by atoms with Crippen LogP contribution in [0.15, 0.2) is 18.2 Å². The van der Waals surface area contributed by atoms with Gasteiger partial charge in [0.05, 0.1) is 0 Å². The molecule has 0 radical (unpaired) electrons. The molecule has 3 atom stereocenters. The topological polar surface area (TPSA) is 20.2 Å². The summed E-state index contributed by atoms with van der Waals surface area (Å²) in [4.78, 5) is 0. The lowest BCUT2D eigenvalue weighted by molar-refractivity contribution is 0.133. The van der Waals surface area contributed by atoms with Gasteiger partial charge >= 0.3 is 0 Å². The highest BCUT2D eigenvalue weighted by Gasteiger charge is 2.61. The largest absolute Gasteiger partial charge is 0.508 e. The van der Waals surface area contributed by atoms with E-state index in [0.717, 1.165) is 11.5 Å². The molecule has 0 aromatic heterocycles. The van der Waals surface area contributed by atoms with Gasteiger partial charge in [-0.25, -0.2) is 0 Å². The zero-order valence-electron chi connectivity index (χ0n) is 12.0. The Morgan fingerprint density at radius 2 is 1.94 bits per heavy atom. The van der Waals surface area contributed by atoms with Crippen molar-refractivity contribution >= 4 is 0 Å². The normalized spacial score (nSPS) is 37.1. The molecular weight excluding hydrogens is 220 g/mol. The second-order valence-corrected chi connectivity index (χ2v) is 7.23. The van der Waals surface area contributed by atoms with Gasteiger partial charge in [0, 0.05) is 0 Å². The van der Waals surface area contributed by atoms with Crippen molar-refractivity contribution in [3.8, 4) is 5.75 Å². The number of aryl methyl sites for hydroxylation is 1. The van der Waals surface area contributed by atoms with Crippen molar-refractivity contribution in [3.63, 3.8) is 0 Å². The number of rotatable bonds is 1. The molecule has 0 spiro atoms. The lowest BCUT2D eigenvalue weighted by atomic mass is 9.65. The van der Waals surface area contributed by atoms with Gasteiger partial charge < -0.3 is 5.11 Å². The third-order valence-corrected chi connectivity index (χ3v) is 6.36. The first-order valence-electron chi connectivity index (χ1n) is 7.16. The maximum absolute atomic E-state index is 10.3. The minimum atomic E-state index is 0.352. The van der Waals surface area contributed by atoms with Crippen molar-refractivity contribution in [1.29, 1.82) is 0 Å². The molecule has 0 saturated heterocycles. The van der Waals surface area contributed by atoms with Gasteiger partial charge in [-0.2, -0.15) is 0 Å². The van der Waals surface area contributed by atoms with Crippen molar-refractivity contribution < 1.29 is 5.11 Å². The Kier molecular flexibility index (Phi) is 2.36. The van der Waals surface area contributed by atoms with Crippen LogP contribution >= 0.6 is 0 Å². The number of phenols is 1. The second-order valence-electron chi connectivity index (χ2n) is 7.23. The molecular formula is C17H24O. The minimum absolute atomic E-state index is 0.352. The van der Waals surface area contributed by atoms with Gasteiger partial charge in [-0.1, -0.05) is 32.9 Å². The van der Waals surface area contributed by atoms with Gasteiger partial charge in [0.1, 0.15) is 5.75 Å². The van der Waals surface area contributed by atoms with Crippen LogP contribution in [0.3, 0.4) is 0 Å². The molecule has 1 N–H and O–H groups in total. The summed E-state index contributed by atoms with van der Waals surface area (Å²) < 4.78 is 0. The number of fused-ring (bicyclic) bond motifs is 2. The molecule has 0 heterocycles. The average molecular weight is 244 g/mol. The van der Waals surface area contributed by atoms with Crippen LogP contribution in [0.5, 0.6) is 5.75 Å². The summed E-state index contributed by atoms with van der Waals surface area (Å²) in [6.07, 6.45) is 3.93. The summed E-state index contributed by atoms with van der Waals surface area (Å²) in [7, 11) is 0. The van der Waals surface area contributed by atoms with Crippen LogP contribution in [0.2, 0.25) is 0 Å². The number of aromatic hydroxyl groups is 1. The van der Waals surface area contributed by atoms with E-state index in [-0.39, 0.29) is 0 Å². The van der Waals surface area contributed by atoms with Gasteiger partial charge in [-0.05, 0) is 66.0 Å². The average Bonchev–Trinajstić information content (AvgIpc) is 2.61. The first-order valence-corrected chi connectivity index (χ1v) is 7.16. The van der Waals surface area contributed by atoms with Crippen molar-refractivity contribution in [2.75, 3.05) is 0 Å². The number of hydrogen-bond donors (Lipinski definition) is 1. The molecule has 0 aliphatic heterocycles. The Balaban J connectivity index is 2.05. The first-order chi connectivity index (χ1) is 8.36. The van der Waals surface area contributed by atoms with Crippen LogP contribution in [0, 0.1) is 23.7 Å². The first kappa shape index (κ1) is 12.1. The van der Waals surface area contributed by atoms with Crippen LogP contribution in [0.1, 0.15) is 57.1 Å². The Labute approximate surface area is 110 Å². The Morgan fingerprint density at radius 1 is 1.22 bits per heavy atom. The van der Waals surface area contributed by atoms with Crippen molar-refractivity contribution in [2.45, 2.75) is 52.9 Å². The quantitative estimate of drug-likeness (QED) is 0.763. The maximum Gasteiger partial charge on any atom is 0.119 e. The molecule has 0 amide bonds. The number of phenolic OH excluding ortho intramolecular Hbond substituents is 1. The summed E-state index contributed by atoms with van der Waals surface area (Å²) in [5, 5.41) is 10.3. The van der Waals surface area contributed by atoms with Crippen LogP contribution in [-0.2, 0) is 0 Å². The van der Waals surface area contributed by atoms with Crippen LogP contribution in [0.25, 0.3) is 0 Å². The third-order valence-electron chi connectivity index (χ3n) is 6.36. The van der Waals surface area contributed by atoms with E-state index >= 15 is 0 Å². The van der Waals surface area contributed by atoms with E-state index < -0.39 is 0 Å². The molecule has 1 aromatic carbocycles. The highest BCUT2D eigenvalue weighted by molar-refractivity contribution is 5.41. The van der Waals surface area contributed by atoms with E-state index in [1.54, 1.807) is 0 Å². The fourth-order valence-electron chi connectivity index (χ4n) is 4.62. The van der Waals surface area contributed by atoms with E-state index in [1.165, 1.54) is 24.8 Å². The number of benzene rings is 1. The molecule has 2 saturated carbocycles. The van der Waals surface area contributed by atoms with Crippen LogP contribution in [-0.4, -0.2) is 5.11 Å². The lowest BCUT2D eigenvalue weighted by Crippen LogP contribution is -2.31. The number of hydrogen-bond acceptors (Lipinski definition) is 1. The summed E-state index contributed by atoms with van der Waals surface area (Å²) in [6, 6.07) is 6.20. The monoisotopic (exact) mass is 244 g/mol. The van der Waals surface area contributed by atoms with Crippen LogP contribution < -0.4 is 0 Å². The zero-order valence-corrected chi connectivity index (χ0v) is 12.0. The molecule has 18 heavy (non-hydrogen) atoms. The molecule has 98 valence electrons. The fraction of sp³-hybridized carbons (Fsp3) is 0.647. The second kappa shape index (κ2) is 3.53. The standard InChI is InChI=1S/C17H24O/c1-11-5-6-13(15(18)9-11)14-10-12-7-8-17(14,4)16(12,2)3/h5-6,9,12,14,18H,7-8,10H2,1-4H3/t12-,14+,17-/m0/s1. The third kappa shape index (κ3) is 1.34. The van der Waals surface area contributed by atoms with Gasteiger partial charge in [-0.15, -0.1) is 0 Å². The van der Waals surface area contributed by atoms with Gasteiger partial charge in [-0.3, -0.25) is 0 Å². The summed E-state index contributed by atoms with van der Waals surface area (Å²) in [5.74, 6) is 1.87. The van der Waals surface area contributed by atoms with E-state index in [2.05, 4.69) is 32.9 Å². The smallest absolute Gasteiger partial charge is 0.119 e. The Bertz CT molecular complexity index is 488. The van der Waals surface area contributed by atoms with Crippen molar-refractivity contribution in [3.05, 3.63) is 29.3 Å². The predicted octanol–water partition coefficient (Wildman–Crippen LogP) is 4.63. The molecule has 2 aliphatic rings. The van der Waals surface area contributed by atoms with E-state index in [9.17, 15) is 5.11 Å². The Hall–Kier alpha value is -0.980. The summed E-state index contributed by atoms with van der Waals surface area (Å²) >= 11 is 0. The molecule has 1 nitrogen and oxygen atoms in total. The molecule has 2 aliphatic carbocycles. The minimum Gasteiger partial charge on any atom is -0.508 e. The Morgan fingerprint density at radius 3 is 2.44 bits per heavy atom. The molecule has 2 bridgehead atoms. The highest BCUT2D eigenvalue weighted by Crippen LogP contribution is 2.71. The van der Waals surface area contributed by atoms with E-state index in [1.807, 2.05) is 13.0 Å². The lowest BCUT2D eigenvalue weighted by Gasteiger charge is -2.39. The molecule has 0 unspecified atom stereocenters. The van der Waals surface area contributed by atoms with Crippen molar-refractivity contribution in [1.82, 2.24) is 0 Å². The summed E-state index contributed by atoms with van der Waals surface area (Å²) in [6.45, 7) is 9.33. The summed E-state index contributed by atoms with van der Waals surface area (Å²) in [5.41, 5.74) is 3.08. The molecule has 1 heteroatoms. The van der Waals surface area contributed by atoms with Gasteiger partial charge in [0.2, 0.25) is 0 Å².